The fourth-order valence-corrected chi connectivity index (χ4v) is 2.27. The first kappa shape index (κ1) is 9.08. The first-order chi connectivity index (χ1) is 6.63. The molecule has 0 amide bonds. The Morgan fingerprint density at radius 1 is 1.36 bits per heavy atom. The van der Waals surface area contributed by atoms with E-state index in [1.165, 1.54) is 11.3 Å². The van der Waals surface area contributed by atoms with Gasteiger partial charge in [-0.15, -0.1) is 0 Å². The van der Waals surface area contributed by atoms with Crippen molar-refractivity contribution in [2.45, 2.75) is 13.3 Å². The van der Waals surface area contributed by atoms with Crippen LogP contribution in [0.25, 0.3) is 10.2 Å². The van der Waals surface area contributed by atoms with Crippen LogP contribution in [0, 0.1) is 0 Å². The zero-order chi connectivity index (χ0) is 10.3. The first-order valence-corrected chi connectivity index (χ1v) is 5.18. The summed E-state index contributed by atoms with van der Waals surface area (Å²) in [7, 11) is 0. The Kier molecular flexibility index (Phi) is 1.96. The molecule has 2 rings (SSSR count). The van der Waals surface area contributed by atoms with E-state index in [-0.39, 0.29) is 0 Å². The summed E-state index contributed by atoms with van der Waals surface area (Å²) in [5.41, 5.74) is 20.6. The average Bonchev–Trinajstić information content (AvgIpc) is 2.54. The fourth-order valence-electron chi connectivity index (χ4n) is 1.49. The minimum absolute atomic E-state index is 0.506. The number of aryl methyl sites for hydroxylation is 1. The molecule has 4 nitrogen and oxygen atoms in total. The molecule has 0 radical (unpaired) electrons. The lowest BCUT2D eigenvalue weighted by Gasteiger charge is -2.05. The van der Waals surface area contributed by atoms with Gasteiger partial charge in [0, 0.05) is 0 Å². The van der Waals surface area contributed by atoms with E-state index in [0.29, 0.717) is 16.5 Å². The average molecular weight is 208 g/mol. The maximum absolute atomic E-state index is 5.94. The number of rotatable bonds is 1. The van der Waals surface area contributed by atoms with Gasteiger partial charge in [-0.05, 0) is 18.1 Å². The molecule has 74 valence electrons. The summed E-state index contributed by atoms with van der Waals surface area (Å²) in [6.45, 7) is 2.03. The van der Waals surface area contributed by atoms with Crippen molar-refractivity contribution < 1.29 is 0 Å². The Balaban J connectivity index is 2.86. The molecule has 2 aromatic rings. The van der Waals surface area contributed by atoms with Gasteiger partial charge in [0.05, 0.1) is 16.1 Å². The minimum atomic E-state index is 0.506. The maximum Gasteiger partial charge on any atom is 0.181 e. The summed E-state index contributed by atoms with van der Waals surface area (Å²) in [5, 5.41) is 0.506. The second-order valence-electron chi connectivity index (χ2n) is 3.12. The van der Waals surface area contributed by atoms with Gasteiger partial charge in [0.2, 0.25) is 0 Å². The van der Waals surface area contributed by atoms with Crippen molar-refractivity contribution in [1.29, 1.82) is 0 Å². The van der Waals surface area contributed by atoms with Gasteiger partial charge in [0.1, 0.15) is 5.52 Å². The van der Waals surface area contributed by atoms with Crippen LogP contribution < -0.4 is 17.2 Å². The monoisotopic (exact) mass is 208 g/mol. The number of hydrogen-bond donors (Lipinski definition) is 3. The van der Waals surface area contributed by atoms with Crippen molar-refractivity contribution in [3.8, 4) is 0 Å². The number of nitrogens with two attached hydrogens (primary N) is 3. The number of benzene rings is 1. The second kappa shape index (κ2) is 3.02. The van der Waals surface area contributed by atoms with Crippen LogP contribution >= 0.6 is 11.3 Å². The van der Waals surface area contributed by atoms with Crippen LogP contribution in [0.5, 0.6) is 0 Å². The van der Waals surface area contributed by atoms with E-state index >= 15 is 0 Å². The predicted molar refractivity (Wildman–Crippen MR) is 62.2 cm³/mol. The Morgan fingerprint density at radius 2 is 2.07 bits per heavy atom. The lowest BCUT2D eigenvalue weighted by molar-refractivity contribution is 1.15. The van der Waals surface area contributed by atoms with Gasteiger partial charge in [-0.1, -0.05) is 18.3 Å². The molecule has 0 bridgehead atoms. The molecule has 6 N–H and O–H groups in total. The summed E-state index contributed by atoms with van der Waals surface area (Å²) < 4.78 is 0.886. The van der Waals surface area contributed by atoms with Gasteiger partial charge in [-0.25, -0.2) is 4.98 Å². The van der Waals surface area contributed by atoms with E-state index in [1.807, 2.05) is 13.0 Å². The van der Waals surface area contributed by atoms with Gasteiger partial charge in [0.25, 0.3) is 0 Å². The second-order valence-corrected chi connectivity index (χ2v) is 4.15. The molecule has 0 atom stereocenters. The molecule has 0 spiro atoms. The lowest BCUT2D eigenvalue weighted by Crippen LogP contribution is -1.97. The third kappa shape index (κ3) is 1.17. The molecule has 1 heterocycles. The third-order valence-corrected chi connectivity index (χ3v) is 3.15. The van der Waals surface area contributed by atoms with Crippen LogP contribution in [0.15, 0.2) is 6.07 Å². The van der Waals surface area contributed by atoms with Gasteiger partial charge < -0.3 is 17.2 Å². The van der Waals surface area contributed by atoms with Crippen molar-refractivity contribution in [2.24, 2.45) is 0 Å². The molecular weight excluding hydrogens is 196 g/mol. The SMILES string of the molecule is CCc1cc(N)c2sc(N)nc2c1N. The highest BCUT2D eigenvalue weighted by atomic mass is 32.1. The highest BCUT2D eigenvalue weighted by Gasteiger charge is 2.11. The minimum Gasteiger partial charge on any atom is -0.398 e. The number of hydrogen-bond acceptors (Lipinski definition) is 5. The summed E-state index contributed by atoms with van der Waals surface area (Å²) in [6, 6.07) is 1.90. The smallest absolute Gasteiger partial charge is 0.181 e. The topological polar surface area (TPSA) is 91.0 Å². The maximum atomic E-state index is 5.94. The lowest BCUT2D eigenvalue weighted by atomic mass is 10.1. The molecule has 0 unspecified atom stereocenters. The number of anilines is 3. The van der Waals surface area contributed by atoms with Crippen LogP contribution in [0.3, 0.4) is 0 Å². The number of thiazole rings is 1. The van der Waals surface area contributed by atoms with Crippen molar-refractivity contribution in [2.75, 3.05) is 17.2 Å². The van der Waals surface area contributed by atoms with Gasteiger partial charge in [0.15, 0.2) is 5.13 Å². The standard InChI is InChI=1S/C9H12N4S/c1-2-4-3-5(10)8-7(6(4)11)13-9(12)14-8/h3H,2,10-11H2,1H3,(H2,12,13). The van der Waals surface area contributed by atoms with Crippen molar-refractivity contribution >= 4 is 38.1 Å². The highest BCUT2D eigenvalue weighted by molar-refractivity contribution is 7.22. The van der Waals surface area contributed by atoms with E-state index in [0.717, 1.165) is 22.2 Å². The van der Waals surface area contributed by atoms with Crippen molar-refractivity contribution in [3.05, 3.63) is 11.6 Å². The van der Waals surface area contributed by atoms with Crippen LogP contribution in [0.2, 0.25) is 0 Å². The van der Waals surface area contributed by atoms with Crippen LogP contribution in [0.4, 0.5) is 16.5 Å². The predicted octanol–water partition coefficient (Wildman–Crippen LogP) is 1.61. The number of nitrogen functional groups attached to an aromatic ring is 3. The molecule has 1 aromatic heterocycles. The third-order valence-electron chi connectivity index (χ3n) is 2.22. The molecular formula is C9H12N4S. The van der Waals surface area contributed by atoms with Gasteiger partial charge in [-0.2, -0.15) is 0 Å². The van der Waals surface area contributed by atoms with Gasteiger partial charge in [-0.3, -0.25) is 0 Å². The molecule has 0 saturated carbocycles. The fraction of sp³-hybridized carbons (Fsp3) is 0.222. The Hall–Kier alpha value is -1.49. The number of fused-ring (bicyclic) bond motifs is 1. The quantitative estimate of drug-likeness (QED) is 0.621. The molecule has 0 saturated heterocycles. The van der Waals surface area contributed by atoms with Crippen molar-refractivity contribution in [1.82, 2.24) is 4.98 Å². The Morgan fingerprint density at radius 3 is 2.71 bits per heavy atom. The molecule has 1 aromatic carbocycles. The summed E-state index contributed by atoms with van der Waals surface area (Å²) in [4.78, 5) is 4.17. The van der Waals surface area contributed by atoms with Gasteiger partial charge >= 0.3 is 0 Å². The Labute approximate surface area is 85.7 Å². The molecule has 0 aliphatic heterocycles. The molecule has 0 aliphatic carbocycles. The number of nitrogens with zero attached hydrogens (tertiary/aromatic N) is 1. The Bertz CT molecular complexity index is 489. The molecule has 5 heteroatoms. The van der Waals surface area contributed by atoms with Crippen LogP contribution in [0.1, 0.15) is 12.5 Å². The zero-order valence-corrected chi connectivity index (χ0v) is 8.69. The summed E-state index contributed by atoms with van der Waals surface area (Å²) in [5.74, 6) is 0. The van der Waals surface area contributed by atoms with Crippen LogP contribution in [-0.2, 0) is 6.42 Å². The summed E-state index contributed by atoms with van der Waals surface area (Å²) >= 11 is 1.37. The molecule has 0 fully saturated rings. The van der Waals surface area contributed by atoms with E-state index < -0.39 is 0 Å². The molecule has 14 heavy (non-hydrogen) atoms. The highest BCUT2D eigenvalue weighted by Crippen LogP contribution is 2.35. The zero-order valence-electron chi connectivity index (χ0n) is 7.87. The molecule has 0 aliphatic rings. The van der Waals surface area contributed by atoms with E-state index in [4.69, 9.17) is 17.2 Å². The van der Waals surface area contributed by atoms with Crippen LogP contribution in [-0.4, -0.2) is 4.98 Å². The van der Waals surface area contributed by atoms with Crippen molar-refractivity contribution in [3.63, 3.8) is 0 Å². The van der Waals surface area contributed by atoms with E-state index in [9.17, 15) is 0 Å². The summed E-state index contributed by atoms with van der Waals surface area (Å²) in [6.07, 6.45) is 0.851. The van der Waals surface area contributed by atoms with E-state index in [2.05, 4.69) is 4.98 Å². The van der Waals surface area contributed by atoms with E-state index in [1.54, 1.807) is 0 Å². The normalized spacial score (nSPS) is 10.9. The first-order valence-electron chi connectivity index (χ1n) is 4.36. The largest absolute Gasteiger partial charge is 0.398 e. The number of aromatic nitrogens is 1.